The summed E-state index contributed by atoms with van der Waals surface area (Å²) >= 11 is 3.44. The summed E-state index contributed by atoms with van der Waals surface area (Å²) in [4.78, 5) is 4.26. The number of hydrogen-bond donors (Lipinski definition) is 0. The average Bonchev–Trinajstić information content (AvgIpc) is 3.00. The zero-order chi connectivity index (χ0) is 16.2. The van der Waals surface area contributed by atoms with Crippen LogP contribution >= 0.6 is 15.9 Å². The molecule has 0 unspecified atom stereocenters. The second kappa shape index (κ2) is 6.89. The summed E-state index contributed by atoms with van der Waals surface area (Å²) in [7, 11) is 3.22. The molecule has 1 aromatic carbocycles. The van der Waals surface area contributed by atoms with Gasteiger partial charge in [0, 0.05) is 23.2 Å². The molecule has 23 heavy (non-hydrogen) atoms. The van der Waals surface area contributed by atoms with E-state index in [1.807, 2.05) is 34.9 Å². The van der Waals surface area contributed by atoms with Gasteiger partial charge in [-0.3, -0.25) is 4.57 Å². The van der Waals surface area contributed by atoms with E-state index in [-0.39, 0.29) is 0 Å². The fourth-order valence-electron chi connectivity index (χ4n) is 2.22. The molecule has 6 nitrogen and oxygen atoms in total. The summed E-state index contributed by atoms with van der Waals surface area (Å²) in [6.07, 6.45) is 1.73. The second-order valence-electron chi connectivity index (χ2n) is 4.77. The number of hydrogen-bond acceptors (Lipinski definition) is 5. The van der Waals surface area contributed by atoms with Crippen LogP contribution in [0.4, 0.5) is 0 Å². The van der Waals surface area contributed by atoms with Crippen LogP contribution < -0.4 is 4.74 Å². The predicted molar refractivity (Wildman–Crippen MR) is 89.6 cm³/mol. The molecule has 0 amide bonds. The van der Waals surface area contributed by atoms with Gasteiger partial charge in [0.2, 0.25) is 5.88 Å². The molecule has 0 saturated carbocycles. The minimum atomic E-state index is 0.357. The lowest BCUT2D eigenvalue weighted by Gasteiger charge is -2.10. The van der Waals surface area contributed by atoms with Gasteiger partial charge in [-0.05, 0) is 18.2 Å². The Balaban J connectivity index is 2.11. The molecular formula is C16H15BrN4O2. The molecule has 0 aliphatic carbocycles. The average molecular weight is 375 g/mol. The molecular weight excluding hydrogens is 360 g/mol. The second-order valence-corrected chi connectivity index (χ2v) is 5.69. The van der Waals surface area contributed by atoms with Gasteiger partial charge in [-0.1, -0.05) is 28.1 Å². The third-order valence-electron chi connectivity index (χ3n) is 3.29. The third-order valence-corrected chi connectivity index (χ3v) is 3.82. The fraction of sp³-hybridized carbons (Fsp3) is 0.188. The largest absolute Gasteiger partial charge is 0.481 e. The van der Waals surface area contributed by atoms with Crippen LogP contribution in [0.25, 0.3) is 17.1 Å². The quantitative estimate of drug-likeness (QED) is 0.685. The van der Waals surface area contributed by atoms with Crippen LogP contribution in [-0.2, 0) is 11.3 Å². The summed E-state index contributed by atoms with van der Waals surface area (Å²) in [5.41, 5.74) is 1.81. The first kappa shape index (κ1) is 15.6. The van der Waals surface area contributed by atoms with Crippen molar-refractivity contribution in [3.05, 3.63) is 52.9 Å². The first-order chi connectivity index (χ1) is 11.2. The van der Waals surface area contributed by atoms with E-state index < -0.39 is 0 Å². The molecule has 0 bridgehead atoms. The minimum absolute atomic E-state index is 0.357. The highest BCUT2D eigenvalue weighted by Gasteiger charge is 2.16. The summed E-state index contributed by atoms with van der Waals surface area (Å²) < 4.78 is 13.3. The SMILES string of the molecule is COCc1nnc(-c2ccc(Br)cc2)n1-c1ccc(OC)nc1. The smallest absolute Gasteiger partial charge is 0.213 e. The lowest BCUT2D eigenvalue weighted by Crippen LogP contribution is -2.05. The van der Waals surface area contributed by atoms with Crippen LogP contribution in [-0.4, -0.2) is 34.0 Å². The fourth-order valence-corrected chi connectivity index (χ4v) is 2.49. The molecule has 0 aliphatic rings. The van der Waals surface area contributed by atoms with Crippen LogP contribution in [0.3, 0.4) is 0 Å². The Hall–Kier alpha value is -2.25. The number of nitrogens with zero attached hydrogens (tertiary/aromatic N) is 4. The first-order valence-electron chi connectivity index (χ1n) is 6.92. The van der Waals surface area contributed by atoms with Gasteiger partial charge in [-0.15, -0.1) is 10.2 Å². The van der Waals surface area contributed by atoms with E-state index >= 15 is 0 Å². The molecule has 0 aliphatic heterocycles. The molecule has 3 aromatic rings. The number of methoxy groups -OCH3 is 2. The molecule has 0 spiro atoms. The van der Waals surface area contributed by atoms with Crippen molar-refractivity contribution >= 4 is 15.9 Å². The van der Waals surface area contributed by atoms with E-state index in [1.54, 1.807) is 26.5 Å². The normalized spacial score (nSPS) is 10.7. The maximum absolute atomic E-state index is 5.23. The van der Waals surface area contributed by atoms with Crippen LogP contribution in [0.5, 0.6) is 5.88 Å². The lowest BCUT2D eigenvalue weighted by molar-refractivity contribution is 0.176. The summed E-state index contributed by atoms with van der Waals surface area (Å²) in [5.74, 6) is 1.99. The van der Waals surface area contributed by atoms with Gasteiger partial charge < -0.3 is 9.47 Å². The Bertz CT molecular complexity index is 785. The van der Waals surface area contributed by atoms with Crippen LogP contribution in [0, 0.1) is 0 Å². The van der Waals surface area contributed by atoms with Crippen molar-refractivity contribution in [2.24, 2.45) is 0 Å². The molecule has 0 N–H and O–H groups in total. The Morgan fingerprint density at radius 1 is 1.04 bits per heavy atom. The first-order valence-corrected chi connectivity index (χ1v) is 7.72. The van der Waals surface area contributed by atoms with Crippen molar-refractivity contribution in [1.29, 1.82) is 0 Å². The monoisotopic (exact) mass is 374 g/mol. The Labute approximate surface area is 142 Å². The van der Waals surface area contributed by atoms with Crippen molar-refractivity contribution in [2.75, 3.05) is 14.2 Å². The molecule has 118 valence electrons. The number of ether oxygens (including phenoxy) is 2. The van der Waals surface area contributed by atoms with Gasteiger partial charge in [0.25, 0.3) is 0 Å². The van der Waals surface area contributed by atoms with Gasteiger partial charge in [0.1, 0.15) is 6.61 Å². The van der Waals surface area contributed by atoms with Crippen LogP contribution in [0.2, 0.25) is 0 Å². The van der Waals surface area contributed by atoms with Crippen LogP contribution in [0.1, 0.15) is 5.82 Å². The standard InChI is InChI=1S/C16H15BrN4O2/c1-22-10-14-19-20-16(11-3-5-12(17)6-4-11)21(14)13-7-8-15(23-2)18-9-13/h3-9H,10H2,1-2H3. The molecule has 0 saturated heterocycles. The molecule has 2 aromatic heterocycles. The minimum Gasteiger partial charge on any atom is -0.481 e. The summed E-state index contributed by atoms with van der Waals surface area (Å²) in [6, 6.07) is 11.6. The highest BCUT2D eigenvalue weighted by molar-refractivity contribution is 9.10. The Morgan fingerprint density at radius 3 is 2.43 bits per heavy atom. The highest BCUT2D eigenvalue weighted by Crippen LogP contribution is 2.25. The van der Waals surface area contributed by atoms with E-state index in [1.165, 1.54) is 0 Å². The summed E-state index contributed by atoms with van der Waals surface area (Å²) in [5, 5.41) is 8.55. The lowest BCUT2D eigenvalue weighted by atomic mass is 10.2. The van der Waals surface area contributed by atoms with Gasteiger partial charge in [-0.2, -0.15) is 0 Å². The van der Waals surface area contributed by atoms with Gasteiger partial charge in [-0.25, -0.2) is 4.98 Å². The van der Waals surface area contributed by atoms with E-state index in [9.17, 15) is 0 Å². The topological polar surface area (TPSA) is 62.1 Å². The number of aromatic nitrogens is 4. The van der Waals surface area contributed by atoms with Crippen molar-refractivity contribution in [2.45, 2.75) is 6.61 Å². The van der Waals surface area contributed by atoms with E-state index in [2.05, 4.69) is 31.1 Å². The molecule has 0 atom stereocenters. The van der Waals surface area contributed by atoms with E-state index in [4.69, 9.17) is 9.47 Å². The van der Waals surface area contributed by atoms with Gasteiger partial charge in [0.05, 0.1) is 19.0 Å². The van der Waals surface area contributed by atoms with Crippen molar-refractivity contribution in [3.63, 3.8) is 0 Å². The molecule has 3 rings (SSSR count). The zero-order valence-corrected chi connectivity index (χ0v) is 14.3. The molecule has 7 heteroatoms. The highest BCUT2D eigenvalue weighted by atomic mass is 79.9. The van der Waals surface area contributed by atoms with Crippen molar-refractivity contribution in [3.8, 4) is 23.0 Å². The van der Waals surface area contributed by atoms with Crippen molar-refractivity contribution < 1.29 is 9.47 Å². The third kappa shape index (κ3) is 3.25. The van der Waals surface area contributed by atoms with Crippen molar-refractivity contribution in [1.82, 2.24) is 19.7 Å². The summed E-state index contributed by atoms with van der Waals surface area (Å²) in [6.45, 7) is 0.357. The number of pyridine rings is 1. The molecule has 0 radical (unpaired) electrons. The maximum Gasteiger partial charge on any atom is 0.213 e. The maximum atomic E-state index is 5.23. The van der Waals surface area contributed by atoms with E-state index in [0.717, 1.165) is 21.5 Å². The number of rotatable bonds is 5. The Kier molecular flexibility index (Phi) is 4.68. The molecule has 0 fully saturated rings. The zero-order valence-electron chi connectivity index (χ0n) is 12.7. The number of benzene rings is 1. The molecule has 2 heterocycles. The predicted octanol–water partition coefficient (Wildman–Crippen LogP) is 3.25. The number of halogens is 1. The van der Waals surface area contributed by atoms with E-state index in [0.29, 0.717) is 18.3 Å². The van der Waals surface area contributed by atoms with Crippen LogP contribution in [0.15, 0.2) is 47.1 Å². The van der Waals surface area contributed by atoms with Gasteiger partial charge in [0.15, 0.2) is 11.6 Å². The van der Waals surface area contributed by atoms with Gasteiger partial charge >= 0.3 is 0 Å². The Morgan fingerprint density at radius 2 is 1.83 bits per heavy atom.